The van der Waals surface area contributed by atoms with Crippen LogP contribution >= 0.6 is 0 Å². The van der Waals surface area contributed by atoms with Gasteiger partial charge in [-0.2, -0.15) is 0 Å². The van der Waals surface area contributed by atoms with Crippen molar-refractivity contribution >= 4 is 5.97 Å². The molecule has 0 bridgehead atoms. The summed E-state index contributed by atoms with van der Waals surface area (Å²) in [7, 11) is 0. The Labute approximate surface area is 125 Å². The first-order valence-corrected chi connectivity index (χ1v) is 6.82. The van der Waals surface area contributed by atoms with E-state index in [1.165, 1.54) is 6.92 Å². The van der Waals surface area contributed by atoms with Crippen LogP contribution in [0, 0.1) is 0 Å². The Kier molecular flexibility index (Phi) is 7.50. The fraction of sp³-hybridized carbons (Fsp3) is 0.438. The predicted molar refractivity (Wildman–Crippen MR) is 78.9 cm³/mol. The summed E-state index contributed by atoms with van der Waals surface area (Å²) in [5.74, 6) is 0.234. The Morgan fingerprint density at radius 2 is 2.19 bits per heavy atom. The molecular weight excluding hydrogens is 272 g/mol. The molecule has 5 heteroatoms. The Hall–Kier alpha value is -1.85. The normalized spacial score (nSPS) is 11.8. The lowest BCUT2D eigenvalue weighted by Crippen LogP contribution is -2.19. The zero-order chi connectivity index (χ0) is 15.7. The molecule has 0 fully saturated rings. The summed E-state index contributed by atoms with van der Waals surface area (Å²) in [5.41, 5.74) is 1.79. The summed E-state index contributed by atoms with van der Waals surface area (Å²) in [4.78, 5) is 10.7. The number of rotatable bonds is 9. The van der Waals surface area contributed by atoms with Gasteiger partial charge >= 0.3 is 5.97 Å². The van der Waals surface area contributed by atoms with Gasteiger partial charge in [-0.15, -0.1) is 6.58 Å². The van der Waals surface area contributed by atoms with Gasteiger partial charge in [-0.1, -0.05) is 12.1 Å². The third-order valence-electron chi connectivity index (χ3n) is 2.70. The number of carbonyl (C=O) groups excluding carboxylic acids is 1. The molecule has 0 aromatic heterocycles. The molecule has 116 valence electrons. The highest BCUT2D eigenvalue weighted by Gasteiger charge is 2.07. The first kappa shape index (κ1) is 17.2. The molecule has 1 aromatic carbocycles. The zero-order valence-corrected chi connectivity index (χ0v) is 12.5. The highest BCUT2D eigenvalue weighted by molar-refractivity contribution is 5.65. The Morgan fingerprint density at radius 1 is 1.43 bits per heavy atom. The molecule has 21 heavy (non-hydrogen) atoms. The number of ether oxygens (including phenoxy) is 3. The van der Waals surface area contributed by atoms with Crippen molar-refractivity contribution in [3.05, 3.63) is 42.0 Å². The third kappa shape index (κ3) is 6.42. The van der Waals surface area contributed by atoms with E-state index < -0.39 is 6.29 Å². The number of esters is 1. The maximum atomic E-state index is 10.7. The van der Waals surface area contributed by atoms with Gasteiger partial charge in [0.05, 0.1) is 13.2 Å². The van der Waals surface area contributed by atoms with E-state index in [-0.39, 0.29) is 19.2 Å². The second kappa shape index (κ2) is 9.15. The third-order valence-corrected chi connectivity index (χ3v) is 2.70. The van der Waals surface area contributed by atoms with Crippen LogP contribution in [0.5, 0.6) is 5.75 Å². The predicted octanol–water partition coefficient (Wildman–Crippen LogP) is 2.21. The van der Waals surface area contributed by atoms with Gasteiger partial charge in [-0.25, -0.2) is 0 Å². The fourth-order valence-electron chi connectivity index (χ4n) is 1.82. The number of carbonyl (C=O) groups is 1. The van der Waals surface area contributed by atoms with Gasteiger partial charge < -0.3 is 19.3 Å². The van der Waals surface area contributed by atoms with E-state index in [0.29, 0.717) is 12.4 Å². The minimum atomic E-state index is -0.599. The van der Waals surface area contributed by atoms with Crippen molar-refractivity contribution in [2.75, 3.05) is 13.2 Å². The van der Waals surface area contributed by atoms with Gasteiger partial charge in [0.1, 0.15) is 12.4 Å². The maximum Gasteiger partial charge on any atom is 0.304 e. The molecule has 0 heterocycles. The van der Waals surface area contributed by atoms with Crippen LogP contribution in [0.2, 0.25) is 0 Å². The van der Waals surface area contributed by atoms with Crippen LogP contribution in [0.25, 0.3) is 0 Å². The first-order chi connectivity index (χ1) is 10.1. The number of aliphatic hydroxyl groups is 1. The lowest BCUT2D eigenvalue weighted by molar-refractivity contribution is -0.173. The minimum Gasteiger partial charge on any atom is -0.491 e. The Balaban J connectivity index is 2.44. The molecule has 1 N–H and O–H groups in total. The van der Waals surface area contributed by atoms with E-state index in [9.17, 15) is 9.90 Å². The van der Waals surface area contributed by atoms with Crippen LogP contribution in [0.3, 0.4) is 0 Å². The summed E-state index contributed by atoms with van der Waals surface area (Å²) < 4.78 is 15.7. The number of benzene rings is 1. The second-order valence-electron chi connectivity index (χ2n) is 4.49. The molecule has 1 unspecified atom stereocenters. The van der Waals surface area contributed by atoms with E-state index in [2.05, 4.69) is 6.58 Å². The molecule has 1 rings (SSSR count). The van der Waals surface area contributed by atoms with Gasteiger partial charge in [0.15, 0.2) is 6.29 Å². The summed E-state index contributed by atoms with van der Waals surface area (Å²) in [6.07, 6.45) is 1.95. The van der Waals surface area contributed by atoms with Gasteiger partial charge in [0.25, 0.3) is 0 Å². The minimum absolute atomic E-state index is 0.0922. The average Bonchev–Trinajstić information content (AvgIpc) is 2.44. The lowest BCUT2D eigenvalue weighted by atomic mass is 10.1. The molecule has 0 amide bonds. The molecule has 0 spiro atoms. The van der Waals surface area contributed by atoms with Crippen molar-refractivity contribution in [1.29, 1.82) is 0 Å². The van der Waals surface area contributed by atoms with E-state index in [1.54, 1.807) is 13.0 Å². The SMILES string of the molecule is C=CCc1ccc(OCCOC(C)OC(C)=O)c(CO)c1. The van der Waals surface area contributed by atoms with Crippen LogP contribution in [-0.4, -0.2) is 30.6 Å². The molecule has 0 saturated heterocycles. The van der Waals surface area contributed by atoms with Crippen LogP contribution < -0.4 is 4.74 Å². The summed E-state index contributed by atoms with van der Waals surface area (Å²) in [6.45, 7) is 7.16. The highest BCUT2D eigenvalue weighted by atomic mass is 16.7. The molecule has 0 radical (unpaired) electrons. The average molecular weight is 294 g/mol. The molecule has 0 aliphatic carbocycles. The number of allylic oxidation sites excluding steroid dienone is 1. The van der Waals surface area contributed by atoms with Gasteiger partial charge in [0, 0.05) is 12.5 Å². The molecule has 1 atom stereocenters. The monoisotopic (exact) mass is 294 g/mol. The van der Waals surface area contributed by atoms with Crippen molar-refractivity contribution in [1.82, 2.24) is 0 Å². The van der Waals surface area contributed by atoms with Gasteiger partial charge in [0.2, 0.25) is 0 Å². The van der Waals surface area contributed by atoms with Crippen molar-refractivity contribution < 1.29 is 24.1 Å². The van der Waals surface area contributed by atoms with Crippen LogP contribution in [0.1, 0.15) is 25.0 Å². The topological polar surface area (TPSA) is 65.0 Å². The van der Waals surface area contributed by atoms with Crippen LogP contribution in [0.15, 0.2) is 30.9 Å². The Bertz CT molecular complexity index is 470. The molecule has 1 aromatic rings. The van der Waals surface area contributed by atoms with Crippen molar-refractivity contribution in [3.8, 4) is 5.75 Å². The molecule has 0 saturated carbocycles. The molecule has 0 aliphatic heterocycles. The molecule has 5 nitrogen and oxygen atoms in total. The first-order valence-electron chi connectivity index (χ1n) is 6.82. The summed E-state index contributed by atoms with van der Waals surface area (Å²) in [6, 6.07) is 5.64. The number of hydrogen-bond donors (Lipinski definition) is 1. The number of aliphatic hydroxyl groups excluding tert-OH is 1. The summed E-state index contributed by atoms with van der Waals surface area (Å²) >= 11 is 0. The van der Waals surface area contributed by atoms with Crippen molar-refractivity contribution in [2.45, 2.75) is 33.2 Å². The van der Waals surface area contributed by atoms with Gasteiger partial charge in [-0.3, -0.25) is 4.79 Å². The zero-order valence-electron chi connectivity index (χ0n) is 12.5. The molecule has 0 aliphatic rings. The van der Waals surface area contributed by atoms with E-state index in [1.807, 2.05) is 18.2 Å². The largest absolute Gasteiger partial charge is 0.491 e. The van der Waals surface area contributed by atoms with Crippen LogP contribution in [-0.2, 0) is 27.3 Å². The summed E-state index contributed by atoms with van der Waals surface area (Å²) in [5, 5.41) is 9.36. The van der Waals surface area contributed by atoms with E-state index >= 15 is 0 Å². The quantitative estimate of drug-likeness (QED) is 0.327. The van der Waals surface area contributed by atoms with Crippen molar-refractivity contribution in [3.63, 3.8) is 0 Å². The van der Waals surface area contributed by atoms with E-state index in [4.69, 9.17) is 14.2 Å². The Morgan fingerprint density at radius 3 is 2.81 bits per heavy atom. The lowest BCUT2D eigenvalue weighted by Gasteiger charge is -2.14. The highest BCUT2D eigenvalue weighted by Crippen LogP contribution is 2.20. The molecular formula is C16H22O5. The maximum absolute atomic E-state index is 10.7. The standard InChI is InChI=1S/C16H22O5/c1-4-5-14-6-7-16(15(10-14)11-17)20-9-8-19-13(3)21-12(2)18/h4,6-7,10,13,17H,1,5,8-9,11H2,2-3H3. The second-order valence-corrected chi connectivity index (χ2v) is 4.49. The van der Waals surface area contributed by atoms with Gasteiger partial charge in [-0.05, 0) is 31.0 Å². The smallest absolute Gasteiger partial charge is 0.304 e. The van der Waals surface area contributed by atoms with Crippen molar-refractivity contribution in [2.24, 2.45) is 0 Å². The van der Waals surface area contributed by atoms with Crippen LogP contribution in [0.4, 0.5) is 0 Å². The number of hydrogen-bond acceptors (Lipinski definition) is 5. The fourth-order valence-corrected chi connectivity index (χ4v) is 1.82. The van der Waals surface area contributed by atoms with E-state index in [0.717, 1.165) is 17.5 Å².